The van der Waals surface area contributed by atoms with Crippen LogP contribution in [0, 0.1) is 5.92 Å². The second-order valence-corrected chi connectivity index (χ2v) is 6.54. The number of hydrogen-bond donors (Lipinski definition) is 1. The zero-order valence-corrected chi connectivity index (χ0v) is 12.9. The van der Waals surface area contributed by atoms with Crippen molar-refractivity contribution < 1.29 is 0 Å². The van der Waals surface area contributed by atoms with E-state index in [-0.39, 0.29) is 0 Å². The number of fused-ring (bicyclic) bond motifs is 2. The molecule has 1 aliphatic carbocycles. The first kappa shape index (κ1) is 13.7. The fourth-order valence-electron chi connectivity index (χ4n) is 3.41. The van der Waals surface area contributed by atoms with Gasteiger partial charge in [0.2, 0.25) is 0 Å². The molecule has 1 aromatic heterocycles. The Morgan fingerprint density at radius 1 is 1.35 bits per heavy atom. The quantitative estimate of drug-likeness (QED) is 0.893. The maximum absolute atomic E-state index is 4.82. The number of nitrogens with one attached hydrogen (secondary N) is 1. The topological polar surface area (TPSA) is 41.0 Å². The molecule has 4 heteroatoms. The van der Waals surface area contributed by atoms with Crippen molar-refractivity contribution in [1.29, 1.82) is 0 Å². The normalized spacial score (nSPS) is 24.7. The molecule has 0 aromatic carbocycles. The van der Waals surface area contributed by atoms with E-state index in [2.05, 4.69) is 42.0 Å². The van der Waals surface area contributed by atoms with Crippen LogP contribution >= 0.6 is 0 Å². The third kappa shape index (κ3) is 2.60. The van der Waals surface area contributed by atoms with E-state index in [1.165, 1.54) is 25.8 Å². The summed E-state index contributed by atoms with van der Waals surface area (Å²) in [5, 5.41) is 3.42. The van der Waals surface area contributed by atoms with E-state index in [0.717, 1.165) is 36.3 Å². The fraction of sp³-hybridized carbons (Fsp3) is 0.750. The Kier molecular flexibility index (Phi) is 3.81. The van der Waals surface area contributed by atoms with Crippen LogP contribution < -0.4 is 10.2 Å². The number of nitrogens with zero attached hydrogens (tertiary/aromatic N) is 3. The Balaban J connectivity index is 1.87. The summed E-state index contributed by atoms with van der Waals surface area (Å²) in [6.45, 7) is 8.67. The van der Waals surface area contributed by atoms with E-state index in [4.69, 9.17) is 4.98 Å². The molecule has 1 saturated heterocycles. The Bertz CT molecular complexity index is 472. The molecule has 2 aliphatic rings. The Morgan fingerprint density at radius 2 is 2.20 bits per heavy atom. The number of aromatic nitrogens is 2. The zero-order valence-electron chi connectivity index (χ0n) is 12.9. The van der Waals surface area contributed by atoms with Crippen LogP contribution in [0.5, 0.6) is 0 Å². The van der Waals surface area contributed by atoms with Crippen molar-refractivity contribution in [3.63, 3.8) is 0 Å². The molecule has 2 atom stereocenters. The number of anilines is 2. The van der Waals surface area contributed by atoms with Crippen molar-refractivity contribution in [2.45, 2.75) is 58.4 Å². The van der Waals surface area contributed by atoms with Crippen LogP contribution in [0.2, 0.25) is 0 Å². The first-order valence-electron chi connectivity index (χ1n) is 8.07. The minimum atomic E-state index is 0.372. The highest BCUT2D eigenvalue weighted by atomic mass is 15.3. The third-order valence-electron chi connectivity index (χ3n) is 4.51. The molecule has 1 aliphatic heterocycles. The Labute approximate surface area is 122 Å². The van der Waals surface area contributed by atoms with Crippen molar-refractivity contribution in [2.24, 2.45) is 5.92 Å². The van der Waals surface area contributed by atoms with E-state index >= 15 is 0 Å². The molecule has 2 bridgehead atoms. The molecule has 0 amide bonds. The van der Waals surface area contributed by atoms with E-state index in [0.29, 0.717) is 12.0 Å². The molecule has 20 heavy (non-hydrogen) atoms. The van der Waals surface area contributed by atoms with Gasteiger partial charge in [0.1, 0.15) is 17.5 Å². The molecule has 0 spiro atoms. The summed E-state index contributed by atoms with van der Waals surface area (Å²) in [6, 6.07) is 2.86. The first-order chi connectivity index (χ1) is 9.67. The van der Waals surface area contributed by atoms with Gasteiger partial charge in [-0.25, -0.2) is 9.97 Å². The third-order valence-corrected chi connectivity index (χ3v) is 4.51. The number of piperidine rings is 1. The van der Waals surface area contributed by atoms with Crippen molar-refractivity contribution in [1.82, 2.24) is 9.97 Å². The predicted molar refractivity (Wildman–Crippen MR) is 83.4 cm³/mol. The largest absolute Gasteiger partial charge is 0.370 e. The second-order valence-electron chi connectivity index (χ2n) is 6.54. The summed E-state index contributed by atoms with van der Waals surface area (Å²) in [5.74, 6) is 4.35. The van der Waals surface area contributed by atoms with Crippen LogP contribution in [0.25, 0.3) is 0 Å². The van der Waals surface area contributed by atoms with Crippen LogP contribution in [-0.2, 0) is 0 Å². The van der Waals surface area contributed by atoms with E-state index in [9.17, 15) is 0 Å². The van der Waals surface area contributed by atoms with Crippen LogP contribution in [0.15, 0.2) is 6.07 Å². The molecule has 1 N–H and O–H groups in total. The summed E-state index contributed by atoms with van der Waals surface area (Å²) in [6.07, 6.45) is 5.22. The monoisotopic (exact) mass is 274 g/mol. The second kappa shape index (κ2) is 5.58. The molecule has 1 saturated carbocycles. The molecule has 3 rings (SSSR count). The summed E-state index contributed by atoms with van der Waals surface area (Å²) in [7, 11) is 0. The molecule has 1 aromatic rings. The number of hydrogen-bond acceptors (Lipinski definition) is 4. The average Bonchev–Trinajstić information content (AvgIpc) is 3.07. The van der Waals surface area contributed by atoms with Crippen molar-refractivity contribution in [3.05, 3.63) is 11.9 Å². The van der Waals surface area contributed by atoms with Gasteiger partial charge in [0, 0.05) is 31.1 Å². The van der Waals surface area contributed by atoms with E-state index < -0.39 is 0 Å². The van der Waals surface area contributed by atoms with Crippen LogP contribution in [0.1, 0.15) is 58.2 Å². The minimum absolute atomic E-state index is 0.372. The molecule has 2 fully saturated rings. The van der Waals surface area contributed by atoms with Crippen molar-refractivity contribution in [3.8, 4) is 0 Å². The lowest BCUT2D eigenvalue weighted by molar-refractivity contribution is 0.549. The highest BCUT2D eigenvalue weighted by Gasteiger charge is 2.38. The number of rotatable bonds is 5. The van der Waals surface area contributed by atoms with Gasteiger partial charge in [0.05, 0.1) is 0 Å². The van der Waals surface area contributed by atoms with Gasteiger partial charge in [0.25, 0.3) is 0 Å². The van der Waals surface area contributed by atoms with Gasteiger partial charge in [-0.15, -0.1) is 0 Å². The maximum Gasteiger partial charge on any atom is 0.135 e. The average molecular weight is 274 g/mol. The lowest BCUT2D eigenvalue weighted by atomic mass is 10.1. The van der Waals surface area contributed by atoms with Gasteiger partial charge in [0.15, 0.2) is 0 Å². The van der Waals surface area contributed by atoms with Crippen molar-refractivity contribution in [2.75, 3.05) is 23.3 Å². The van der Waals surface area contributed by atoms with Crippen LogP contribution in [0.3, 0.4) is 0 Å². The standard InChI is InChI=1S/C16H26N4/c1-4-7-17-14-9-15(19-16(18-14)11(2)3)20-10-12-5-6-13(20)8-12/h9,11-13H,4-8,10H2,1-3H3,(H,17,18,19). The molecule has 4 nitrogen and oxygen atoms in total. The summed E-state index contributed by atoms with van der Waals surface area (Å²) >= 11 is 0. The molecular formula is C16H26N4. The maximum atomic E-state index is 4.82. The van der Waals surface area contributed by atoms with Crippen LogP contribution in [-0.4, -0.2) is 29.1 Å². The smallest absolute Gasteiger partial charge is 0.135 e. The zero-order chi connectivity index (χ0) is 14.1. The van der Waals surface area contributed by atoms with Gasteiger partial charge in [-0.3, -0.25) is 0 Å². The van der Waals surface area contributed by atoms with Gasteiger partial charge in [-0.1, -0.05) is 20.8 Å². The first-order valence-corrected chi connectivity index (χ1v) is 8.07. The van der Waals surface area contributed by atoms with Gasteiger partial charge in [-0.05, 0) is 31.6 Å². The fourth-order valence-corrected chi connectivity index (χ4v) is 3.41. The van der Waals surface area contributed by atoms with Gasteiger partial charge in [-0.2, -0.15) is 0 Å². The lowest BCUT2D eigenvalue weighted by Crippen LogP contribution is -2.33. The lowest BCUT2D eigenvalue weighted by Gasteiger charge is -2.29. The Hall–Kier alpha value is -1.32. The molecular weight excluding hydrogens is 248 g/mol. The molecule has 0 radical (unpaired) electrons. The van der Waals surface area contributed by atoms with E-state index in [1.807, 2.05) is 0 Å². The summed E-state index contributed by atoms with van der Waals surface area (Å²) < 4.78 is 0. The van der Waals surface area contributed by atoms with Crippen molar-refractivity contribution >= 4 is 11.6 Å². The van der Waals surface area contributed by atoms with Gasteiger partial charge >= 0.3 is 0 Å². The molecule has 2 heterocycles. The molecule has 2 unspecified atom stereocenters. The van der Waals surface area contributed by atoms with Gasteiger partial charge < -0.3 is 10.2 Å². The predicted octanol–water partition coefficient (Wildman–Crippen LogP) is 3.41. The highest BCUT2D eigenvalue weighted by molar-refractivity contribution is 5.51. The summed E-state index contributed by atoms with van der Waals surface area (Å²) in [5.41, 5.74) is 0. The Morgan fingerprint density at radius 3 is 2.80 bits per heavy atom. The van der Waals surface area contributed by atoms with Crippen LogP contribution in [0.4, 0.5) is 11.6 Å². The minimum Gasteiger partial charge on any atom is -0.370 e. The SMILES string of the molecule is CCCNc1cc(N2CC3CCC2C3)nc(C(C)C)n1. The summed E-state index contributed by atoms with van der Waals surface area (Å²) in [4.78, 5) is 12.0. The highest BCUT2D eigenvalue weighted by Crippen LogP contribution is 2.40. The molecule has 110 valence electrons. The van der Waals surface area contributed by atoms with E-state index in [1.54, 1.807) is 0 Å².